The Balaban J connectivity index is 2.06. The number of thiazole rings is 1. The highest BCUT2D eigenvalue weighted by Crippen LogP contribution is 2.39. The van der Waals surface area contributed by atoms with Crippen LogP contribution in [-0.4, -0.2) is 23.0 Å². The van der Waals surface area contributed by atoms with Crippen molar-refractivity contribution in [1.29, 1.82) is 0 Å². The second-order valence-corrected chi connectivity index (χ2v) is 5.66. The van der Waals surface area contributed by atoms with Crippen molar-refractivity contribution >= 4 is 17.2 Å². The summed E-state index contributed by atoms with van der Waals surface area (Å²) in [6.07, 6.45) is 2.31. The molecule has 1 fully saturated rings. The van der Waals surface area contributed by atoms with Crippen molar-refractivity contribution in [1.82, 2.24) is 10.3 Å². The molecule has 3 N–H and O–H groups in total. The molecule has 1 aromatic heterocycles. The number of aryl methyl sites for hydroxylation is 1. The topological polar surface area (TPSA) is 68.0 Å². The Bertz CT molecular complexity index is 400. The van der Waals surface area contributed by atoms with Gasteiger partial charge in [0.05, 0.1) is 10.5 Å². The van der Waals surface area contributed by atoms with Gasteiger partial charge in [-0.05, 0) is 32.6 Å². The molecule has 0 saturated heterocycles. The van der Waals surface area contributed by atoms with E-state index in [1.54, 1.807) is 5.38 Å². The zero-order valence-electron chi connectivity index (χ0n) is 9.62. The second-order valence-electron chi connectivity index (χ2n) is 4.60. The monoisotopic (exact) mass is 239 g/mol. The molecule has 1 heterocycles. The molecule has 1 aliphatic rings. The molecule has 0 aromatic carbocycles. The fraction of sp³-hybridized carbons (Fsp3) is 0.636. The molecule has 1 aromatic rings. The van der Waals surface area contributed by atoms with Crippen LogP contribution in [0.5, 0.6) is 0 Å². The summed E-state index contributed by atoms with van der Waals surface area (Å²) >= 11 is 1.49. The van der Waals surface area contributed by atoms with Crippen molar-refractivity contribution in [3.05, 3.63) is 16.1 Å². The molecule has 1 saturated carbocycles. The predicted molar refractivity (Wildman–Crippen MR) is 64.5 cm³/mol. The van der Waals surface area contributed by atoms with Crippen molar-refractivity contribution in [2.24, 2.45) is 11.7 Å². The lowest BCUT2D eigenvalue weighted by Crippen LogP contribution is -2.53. The molecule has 0 radical (unpaired) electrons. The molecular weight excluding hydrogens is 222 g/mol. The molecule has 0 bridgehead atoms. The molecular formula is C11H17N3OS. The zero-order valence-corrected chi connectivity index (χ0v) is 10.4. The van der Waals surface area contributed by atoms with Crippen molar-refractivity contribution in [2.75, 3.05) is 6.54 Å². The SMILES string of the molecule is Cc1nc(C(=O)NC(C)(CN)C2CC2)cs1. The second kappa shape index (κ2) is 4.14. The van der Waals surface area contributed by atoms with Gasteiger partial charge >= 0.3 is 0 Å². The molecule has 1 amide bonds. The van der Waals surface area contributed by atoms with Crippen LogP contribution in [-0.2, 0) is 0 Å². The van der Waals surface area contributed by atoms with Crippen LogP contribution in [0.25, 0.3) is 0 Å². The van der Waals surface area contributed by atoms with E-state index in [9.17, 15) is 4.79 Å². The molecule has 5 heteroatoms. The van der Waals surface area contributed by atoms with Crippen LogP contribution in [0.2, 0.25) is 0 Å². The molecule has 1 aliphatic carbocycles. The zero-order chi connectivity index (χ0) is 11.8. The minimum Gasteiger partial charge on any atom is -0.344 e. The quantitative estimate of drug-likeness (QED) is 0.832. The number of rotatable bonds is 4. The van der Waals surface area contributed by atoms with Gasteiger partial charge in [0.2, 0.25) is 0 Å². The highest BCUT2D eigenvalue weighted by molar-refractivity contribution is 7.09. The number of nitrogens with two attached hydrogens (primary N) is 1. The minimum absolute atomic E-state index is 0.107. The first-order chi connectivity index (χ1) is 7.55. The van der Waals surface area contributed by atoms with Crippen LogP contribution < -0.4 is 11.1 Å². The van der Waals surface area contributed by atoms with Crippen LogP contribution in [0.4, 0.5) is 0 Å². The van der Waals surface area contributed by atoms with E-state index in [0.717, 1.165) is 17.8 Å². The van der Waals surface area contributed by atoms with Crippen LogP contribution in [0.1, 0.15) is 35.3 Å². The molecule has 88 valence electrons. The highest BCUT2D eigenvalue weighted by Gasteiger charge is 2.41. The summed E-state index contributed by atoms with van der Waals surface area (Å²) < 4.78 is 0. The summed E-state index contributed by atoms with van der Waals surface area (Å²) in [7, 11) is 0. The van der Waals surface area contributed by atoms with E-state index in [1.165, 1.54) is 11.3 Å². The number of nitrogens with one attached hydrogen (secondary N) is 1. The highest BCUT2D eigenvalue weighted by atomic mass is 32.1. The maximum Gasteiger partial charge on any atom is 0.271 e. The first-order valence-electron chi connectivity index (χ1n) is 5.50. The number of aromatic nitrogens is 1. The number of carbonyl (C=O) groups is 1. The average molecular weight is 239 g/mol. The van der Waals surface area contributed by atoms with Crippen molar-refractivity contribution in [3.8, 4) is 0 Å². The van der Waals surface area contributed by atoms with Crippen LogP contribution in [0.3, 0.4) is 0 Å². The van der Waals surface area contributed by atoms with Gasteiger partial charge in [-0.2, -0.15) is 0 Å². The lowest BCUT2D eigenvalue weighted by Gasteiger charge is -2.29. The summed E-state index contributed by atoms with van der Waals surface area (Å²) in [5.41, 5.74) is 5.98. The predicted octanol–water partition coefficient (Wildman–Crippen LogP) is 1.31. The molecule has 4 nitrogen and oxygen atoms in total. The average Bonchev–Trinajstić information content (AvgIpc) is 3.02. The molecule has 1 atom stereocenters. The molecule has 0 spiro atoms. The van der Waals surface area contributed by atoms with Gasteiger partial charge in [0.1, 0.15) is 5.69 Å². The molecule has 0 aliphatic heterocycles. The summed E-state index contributed by atoms with van der Waals surface area (Å²) in [4.78, 5) is 16.1. The smallest absolute Gasteiger partial charge is 0.271 e. The molecule has 16 heavy (non-hydrogen) atoms. The lowest BCUT2D eigenvalue weighted by atomic mass is 9.96. The summed E-state index contributed by atoms with van der Waals surface area (Å²) in [6.45, 7) is 4.39. The van der Waals surface area contributed by atoms with E-state index in [1.807, 2.05) is 13.8 Å². The van der Waals surface area contributed by atoms with Gasteiger partial charge in [0, 0.05) is 11.9 Å². The Kier molecular flexibility index (Phi) is 2.99. The van der Waals surface area contributed by atoms with E-state index < -0.39 is 0 Å². The van der Waals surface area contributed by atoms with E-state index in [0.29, 0.717) is 18.2 Å². The Morgan fingerprint density at radius 2 is 2.44 bits per heavy atom. The summed E-state index contributed by atoms with van der Waals surface area (Å²) in [6, 6.07) is 0. The van der Waals surface area contributed by atoms with Gasteiger partial charge in [-0.3, -0.25) is 4.79 Å². The molecule has 2 rings (SSSR count). The summed E-state index contributed by atoms with van der Waals surface area (Å²) in [5, 5.41) is 5.71. The third-order valence-corrected chi connectivity index (χ3v) is 3.93. The number of nitrogens with zero attached hydrogens (tertiary/aromatic N) is 1. The Hall–Kier alpha value is -0.940. The van der Waals surface area contributed by atoms with Gasteiger partial charge in [-0.1, -0.05) is 0 Å². The largest absolute Gasteiger partial charge is 0.344 e. The van der Waals surface area contributed by atoms with Crippen molar-refractivity contribution < 1.29 is 4.79 Å². The Labute approximate surface area is 99.3 Å². The lowest BCUT2D eigenvalue weighted by molar-refractivity contribution is 0.0893. The van der Waals surface area contributed by atoms with Gasteiger partial charge < -0.3 is 11.1 Å². The number of hydrogen-bond donors (Lipinski definition) is 2. The van der Waals surface area contributed by atoms with Crippen molar-refractivity contribution in [2.45, 2.75) is 32.2 Å². The van der Waals surface area contributed by atoms with Gasteiger partial charge in [0.15, 0.2) is 0 Å². The third-order valence-electron chi connectivity index (χ3n) is 3.15. The van der Waals surface area contributed by atoms with Crippen LogP contribution in [0, 0.1) is 12.8 Å². The minimum atomic E-state index is -0.269. The maximum atomic E-state index is 11.9. The fourth-order valence-electron chi connectivity index (χ4n) is 1.83. The normalized spacial score (nSPS) is 19.2. The summed E-state index contributed by atoms with van der Waals surface area (Å²) in [5.74, 6) is 0.422. The van der Waals surface area contributed by atoms with Gasteiger partial charge in [0.25, 0.3) is 5.91 Å². The fourth-order valence-corrected chi connectivity index (χ4v) is 2.42. The maximum absolute atomic E-state index is 11.9. The van der Waals surface area contributed by atoms with Gasteiger partial charge in [-0.25, -0.2) is 4.98 Å². The Morgan fingerprint density at radius 3 is 2.88 bits per heavy atom. The number of carbonyl (C=O) groups excluding carboxylic acids is 1. The van der Waals surface area contributed by atoms with Crippen molar-refractivity contribution in [3.63, 3.8) is 0 Å². The van der Waals surface area contributed by atoms with E-state index in [4.69, 9.17) is 5.73 Å². The first kappa shape index (κ1) is 11.5. The van der Waals surface area contributed by atoms with Gasteiger partial charge in [-0.15, -0.1) is 11.3 Å². The van der Waals surface area contributed by atoms with E-state index in [2.05, 4.69) is 10.3 Å². The Morgan fingerprint density at radius 1 is 1.75 bits per heavy atom. The molecule has 1 unspecified atom stereocenters. The first-order valence-corrected chi connectivity index (χ1v) is 6.38. The standard InChI is InChI=1S/C11H17N3OS/c1-7-13-9(5-16-7)10(15)14-11(2,6-12)8-3-4-8/h5,8H,3-4,6,12H2,1-2H3,(H,14,15). The number of hydrogen-bond acceptors (Lipinski definition) is 4. The van der Waals surface area contributed by atoms with E-state index >= 15 is 0 Å². The third kappa shape index (κ3) is 2.25. The van der Waals surface area contributed by atoms with Crippen LogP contribution >= 0.6 is 11.3 Å². The van der Waals surface area contributed by atoms with Crippen LogP contribution in [0.15, 0.2) is 5.38 Å². The number of amides is 1. The van der Waals surface area contributed by atoms with E-state index in [-0.39, 0.29) is 11.4 Å².